The van der Waals surface area contributed by atoms with Gasteiger partial charge in [0, 0.05) is 5.75 Å². The normalized spacial score (nSPS) is 11.0. The molecular weight excluding hydrogens is 419 g/mol. The van der Waals surface area contributed by atoms with Crippen molar-refractivity contribution in [1.29, 1.82) is 0 Å². The molecule has 0 saturated carbocycles. The zero-order valence-electron chi connectivity index (χ0n) is 15.2. The smallest absolute Gasteiger partial charge is 0.0995 e. The first-order chi connectivity index (χ1) is 12.3. The van der Waals surface area contributed by atoms with Crippen LogP contribution in [0.15, 0.2) is 84.9 Å². The summed E-state index contributed by atoms with van der Waals surface area (Å²) in [7, 11) is -1.47. The lowest BCUT2D eigenvalue weighted by molar-refractivity contribution is -0.00000499. The van der Waals surface area contributed by atoms with E-state index in [4.69, 9.17) is 0 Å². The van der Waals surface area contributed by atoms with Crippen molar-refractivity contribution < 1.29 is 17.0 Å². The van der Waals surface area contributed by atoms with Crippen molar-refractivity contribution in [3.63, 3.8) is 0 Å². The van der Waals surface area contributed by atoms with Gasteiger partial charge in [-0.05, 0) is 41.8 Å². The molecule has 0 radical (unpaired) electrons. The molecule has 3 aromatic rings. The number of rotatable bonds is 7. The second-order valence-electron chi connectivity index (χ2n) is 6.50. The van der Waals surface area contributed by atoms with Crippen LogP contribution in [0.25, 0.3) is 0 Å². The van der Waals surface area contributed by atoms with Crippen LogP contribution in [0.1, 0.15) is 24.5 Å². The van der Waals surface area contributed by atoms with Gasteiger partial charge in [-0.3, -0.25) is 0 Å². The van der Waals surface area contributed by atoms with E-state index in [1.807, 2.05) is 0 Å². The SMILES string of the molecule is CCC[P+](Cc1ccc(CS)cc1)(c1ccccc1)c1ccccc1.[Br-]. The topological polar surface area (TPSA) is 0 Å². The maximum atomic E-state index is 4.39. The minimum atomic E-state index is -1.47. The molecule has 0 N–H and O–H groups in total. The number of hydrogen-bond acceptors (Lipinski definition) is 1. The molecule has 0 aliphatic heterocycles. The molecule has 0 aliphatic rings. The first-order valence-electron chi connectivity index (χ1n) is 8.95. The van der Waals surface area contributed by atoms with Crippen LogP contribution in [0, 0.1) is 0 Å². The highest BCUT2D eigenvalue weighted by atomic mass is 79.9. The van der Waals surface area contributed by atoms with Gasteiger partial charge < -0.3 is 17.0 Å². The lowest BCUT2D eigenvalue weighted by atomic mass is 10.2. The third-order valence-corrected chi connectivity index (χ3v) is 9.82. The summed E-state index contributed by atoms with van der Waals surface area (Å²) in [5.41, 5.74) is 2.71. The van der Waals surface area contributed by atoms with Crippen molar-refractivity contribution in [2.75, 3.05) is 6.16 Å². The van der Waals surface area contributed by atoms with Crippen LogP contribution in [0.3, 0.4) is 0 Å². The quantitative estimate of drug-likeness (QED) is 0.420. The molecule has 0 atom stereocenters. The van der Waals surface area contributed by atoms with Gasteiger partial charge in [-0.25, -0.2) is 0 Å². The van der Waals surface area contributed by atoms with Crippen molar-refractivity contribution in [2.45, 2.75) is 25.3 Å². The molecule has 0 spiro atoms. The summed E-state index contributed by atoms with van der Waals surface area (Å²) in [5, 5.41) is 3.03. The van der Waals surface area contributed by atoms with E-state index < -0.39 is 7.26 Å². The van der Waals surface area contributed by atoms with Crippen LogP contribution in [-0.2, 0) is 11.9 Å². The summed E-state index contributed by atoms with van der Waals surface area (Å²) >= 11 is 4.39. The summed E-state index contributed by atoms with van der Waals surface area (Å²) in [6.07, 6.45) is 3.57. The molecule has 0 unspecified atom stereocenters. The molecule has 136 valence electrons. The lowest BCUT2D eigenvalue weighted by Gasteiger charge is -2.27. The predicted molar refractivity (Wildman–Crippen MR) is 117 cm³/mol. The van der Waals surface area contributed by atoms with Crippen molar-refractivity contribution in [2.24, 2.45) is 0 Å². The Morgan fingerprint density at radius 2 is 1.15 bits per heavy atom. The molecule has 0 amide bonds. The Morgan fingerprint density at radius 3 is 1.58 bits per heavy atom. The number of halogens is 1. The Kier molecular flexibility index (Phi) is 8.41. The van der Waals surface area contributed by atoms with Gasteiger partial charge in [-0.1, -0.05) is 67.6 Å². The molecule has 3 aromatic carbocycles. The molecule has 3 rings (SSSR count). The first-order valence-corrected chi connectivity index (χ1v) is 11.7. The van der Waals surface area contributed by atoms with Gasteiger partial charge in [-0.15, -0.1) is 0 Å². The summed E-state index contributed by atoms with van der Waals surface area (Å²) in [6, 6.07) is 31.3. The fourth-order valence-corrected chi connectivity index (χ4v) is 8.17. The minimum Gasteiger partial charge on any atom is -1.00 e. The van der Waals surface area contributed by atoms with Gasteiger partial charge in [0.2, 0.25) is 0 Å². The zero-order valence-corrected chi connectivity index (χ0v) is 18.6. The van der Waals surface area contributed by atoms with E-state index in [-0.39, 0.29) is 17.0 Å². The fourth-order valence-electron chi connectivity index (χ4n) is 3.54. The summed E-state index contributed by atoms with van der Waals surface area (Å²) in [6.45, 7) is 2.31. The van der Waals surface area contributed by atoms with Crippen molar-refractivity contribution in [3.05, 3.63) is 96.1 Å². The molecule has 0 aromatic heterocycles. The Bertz CT molecular complexity index is 733. The predicted octanol–water partition coefficient (Wildman–Crippen LogP) is 2.70. The van der Waals surface area contributed by atoms with Crippen molar-refractivity contribution >= 4 is 30.5 Å². The maximum absolute atomic E-state index is 4.39. The average molecular weight is 445 g/mol. The Hall–Kier alpha value is -1.08. The van der Waals surface area contributed by atoms with E-state index >= 15 is 0 Å². The highest BCUT2D eigenvalue weighted by Gasteiger charge is 2.41. The van der Waals surface area contributed by atoms with Crippen molar-refractivity contribution in [1.82, 2.24) is 0 Å². The van der Waals surface area contributed by atoms with Crippen LogP contribution in [-0.4, -0.2) is 6.16 Å². The molecule has 0 nitrogen and oxygen atoms in total. The number of benzene rings is 3. The van der Waals surface area contributed by atoms with E-state index in [0.717, 1.165) is 11.9 Å². The van der Waals surface area contributed by atoms with E-state index in [1.54, 1.807) is 0 Å². The molecule has 0 fully saturated rings. The van der Waals surface area contributed by atoms with Gasteiger partial charge in [0.1, 0.15) is 0 Å². The minimum absolute atomic E-state index is 0. The van der Waals surface area contributed by atoms with Crippen LogP contribution in [0.4, 0.5) is 0 Å². The monoisotopic (exact) mass is 444 g/mol. The third-order valence-electron chi connectivity index (χ3n) is 4.76. The van der Waals surface area contributed by atoms with Gasteiger partial charge >= 0.3 is 0 Å². The van der Waals surface area contributed by atoms with Crippen LogP contribution in [0.5, 0.6) is 0 Å². The van der Waals surface area contributed by atoms with Gasteiger partial charge in [0.15, 0.2) is 0 Å². The maximum Gasteiger partial charge on any atom is 0.0995 e. The third kappa shape index (κ3) is 4.80. The second kappa shape index (κ2) is 10.3. The van der Waals surface area contributed by atoms with Gasteiger partial charge in [-0.2, -0.15) is 12.6 Å². The van der Waals surface area contributed by atoms with Crippen LogP contribution in [0.2, 0.25) is 0 Å². The standard InChI is InChI=1S/C23H25PS.BrH/c1-2-17-24(22-9-5-3-6-10-22,23-11-7-4-8-12-23)18-20-13-15-21(19-25)16-14-20;/h3-16H,2,17-19H2,1H3;1H. The Balaban J connectivity index is 0.00000243. The van der Waals surface area contributed by atoms with Crippen LogP contribution < -0.4 is 27.6 Å². The van der Waals surface area contributed by atoms with E-state index in [0.29, 0.717) is 0 Å². The highest BCUT2D eigenvalue weighted by molar-refractivity contribution is 7.88. The van der Waals surface area contributed by atoms with E-state index in [9.17, 15) is 0 Å². The molecule has 26 heavy (non-hydrogen) atoms. The first kappa shape index (κ1) is 21.2. The lowest BCUT2D eigenvalue weighted by Crippen LogP contribution is -3.00. The van der Waals surface area contributed by atoms with Gasteiger partial charge in [0.05, 0.1) is 30.2 Å². The zero-order chi connectivity index (χ0) is 17.5. The summed E-state index contributed by atoms with van der Waals surface area (Å²) in [5.74, 6) is 0.799. The van der Waals surface area contributed by atoms with Gasteiger partial charge in [0.25, 0.3) is 0 Å². The molecular formula is C23H26BrPS. The van der Waals surface area contributed by atoms with E-state index in [1.165, 1.54) is 34.3 Å². The second-order valence-corrected chi connectivity index (χ2v) is 10.5. The number of thiol groups is 1. The molecule has 0 saturated heterocycles. The molecule has 0 bridgehead atoms. The highest BCUT2D eigenvalue weighted by Crippen LogP contribution is 2.59. The number of hydrogen-bond donors (Lipinski definition) is 1. The summed E-state index contributed by atoms with van der Waals surface area (Å²) < 4.78 is 0. The molecule has 0 aliphatic carbocycles. The fraction of sp³-hybridized carbons (Fsp3) is 0.217. The van der Waals surface area contributed by atoms with Crippen molar-refractivity contribution in [3.8, 4) is 0 Å². The molecule has 0 heterocycles. The summed E-state index contributed by atoms with van der Waals surface area (Å²) in [4.78, 5) is 0. The Morgan fingerprint density at radius 1 is 0.692 bits per heavy atom. The largest absolute Gasteiger partial charge is 1.00 e. The van der Waals surface area contributed by atoms with E-state index in [2.05, 4.69) is 104 Å². The van der Waals surface area contributed by atoms with Crippen LogP contribution >= 0.6 is 19.9 Å². The molecule has 3 heteroatoms. The Labute approximate surface area is 174 Å². The average Bonchev–Trinajstić information content (AvgIpc) is 2.69.